The summed E-state index contributed by atoms with van der Waals surface area (Å²) in [6.45, 7) is 3.68. The molecule has 19 heavy (non-hydrogen) atoms. The van der Waals surface area contributed by atoms with Crippen molar-refractivity contribution in [2.24, 2.45) is 0 Å². The highest BCUT2D eigenvalue weighted by atomic mass is 35.5. The van der Waals surface area contributed by atoms with Gasteiger partial charge in [0.15, 0.2) is 0 Å². The largest absolute Gasteiger partial charge is 0.325 e. The molecule has 0 aliphatic heterocycles. The molecule has 2 N–H and O–H groups in total. The molecule has 1 aromatic carbocycles. The minimum Gasteiger partial charge on any atom is -0.325 e. The van der Waals surface area contributed by atoms with Gasteiger partial charge in [0, 0.05) is 10.7 Å². The fraction of sp³-hybridized carbons (Fsp3) is 0.250. The number of hydrogen-bond donors (Lipinski definition) is 2. The van der Waals surface area contributed by atoms with Crippen molar-refractivity contribution >= 4 is 35.0 Å². The van der Waals surface area contributed by atoms with E-state index in [2.05, 4.69) is 20.5 Å². The molecule has 0 saturated carbocycles. The molecule has 0 atom stereocenters. The number of aromatic amines is 1. The van der Waals surface area contributed by atoms with E-state index in [0.717, 1.165) is 17.1 Å². The van der Waals surface area contributed by atoms with Crippen molar-refractivity contribution in [3.05, 3.63) is 34.6 Å². The third-order valence-corrected chi connectivity index (χ3v) is 3.71. The first-order valence-electron chi connectivity index (χ1n) is 5.63. The summed E-state index contributed by atoms with van der Waals surface area (Å²) >= 11 is 7.27. The molecular formula is C12H13ClN4OS. The molecule has 0 spiro atoms. The van der Waals surface area contributed by atoms with Gasteiger partial charge >= 0.3 is 0 Å². The summed E-state index contributed by atoms with van der Waals surface area (Å²) in [6, 6.07) is 5.41. The lowest BCUT2D eigenvalue weighted by Crippen LogP contribution is -2.15. The first-order chi connectivity index (χ1) is 9.06. The Balaban J connectivity index is 1.92. The Morgan fingerprint density at radius 3 is 2.95 bits per heavy atom. The smallest absolute Gasteiger partial charge is 0.234 e. The number of amides is 1. The summed E-state index contributed by atoms with van der Waals surface area (Å²) in [6.07, 6.45) is 0. The number of hydrogen-bond acceptors (Lipinski definition) is 4. The summed E-state index contributed by atoms with van der Waals surface area (Å²) < 4.78 is 0. The Bertz CT molecular complexity index is 599. The van der Waals surface area contributed by atoms with Crippen LogP contribution in [0.15, 0.2) is 23.4 Å². The zero-order chi connectivity index (χ0) is 13.8. The Morgan fingerprint density at radius 2 is 2.26 bits per heavy atom. The van der Waals surface area contributed by atoms with E-state index in [0.29, 0.717) is 10.2 Å². The molecule has 7 heteroatoms. The second-order valence-electron chi connectivity index (χ2n) is 3.95. The standard InChI is InChI=1S/C12H13ClN4OS/c1-7-9(13)4-3-5-10(7)15-11(18)6-19-12-14-8(2)16-17-12/h3-5H,6H2,1-2H3,(H,15,18)(H,14,16,17). The van der Waals surface area contributed by atoms with Gasteiger partial charge in [-0.2, -0.15) is 0 Å². The lowest BCUT2D eigenvalue weighted by molar-refractivity contribution is -0.113. The SMILES string of the molecule is Cc1nc(SCC(=O)Nc2cccc(Cl)c2C)n[nH]1. The highest BCUT2D eigenvalue weighted by Crippen LogP contribution is 2.23. The molecule has 0 saturated heterocycles. The summed E-state index contributed by atoms with van der Waals surface area (Å²) in [4.78, 5) is 15.9. The van der Waals surface area contributed by atoms with E-state index in [1.54, 1.807) is 12.1 Å². The van der Waals surface area contributed by atoms with Crippen molar-refractivity contribution in [2.75, 3.05) is 11.1 Å². The van der Waals surface area contributed by atoms with Crippen molar-refractivity contribution in [2.45, 2.75) is 19.0 Å². The predicted octanol–water partition coefficient (Wildman–Crippen LogP) is 2.81. The van der Waals surface area contributed by atoms with Crippen LogP contribution < -0.4 is 5.32 Å². The number of carbonyl (C=O) groups excluding carboxylic acids is 1. The minimum atomic E-state index is -0.113. The first-order valence-corrected chi connectivity index (χ1v) is 6.99. The molecule has 2 rings (SSSR count). The lowest BCUT2D eigenvalue weighted by Gasteiger charge is -2.08. The monoisotopic (exact) mass is 296 g/mol. The molecular weight excluding hydrogens is 284 g/mol. The summed E-state index contributed by atoms with van der Waals surface area (Å²) in [5.74, 6) is 0.870. The van der Waals surface area contributed by atoms with Crippen LogP contribution in [0.5, 0.6) is 0 Å². The maximum absolute atomic E-state index is 11.8. The molecule has 0 unspecified atom stereocenters. The number of nitrogens with zero attached hydrogens (tertiary/aromatic N) is 2. The summed E-state index contributed by atoms with van der Waals surface area (Å²) in [5, 5.41) is 10.7. The number of benzene rings is 1. The van der Waals surface area contributed by atoms with E-state index in [4.69, 9.17) is 11.6 Å². The van der Waals surface area contributed by atoms with E-state index >= 15 is 0 Å². The van der Waals surface area contributed by atoms with Gasteiger partial charge < -0.3 is 5.32 Å². The number of H-pyrrole nitrogens is 1. The average molecular weight is 297 g/mol. The summed E-state index contributed by atoms with van der Waals surface area (Å²) in [7, 11) is 0. The molecule has 0 radical (unpaired) electrons. The molecule has 100 valence electrons. The fourth-order valence-electron chi connectivity index (χ4n) is 1.45. The number of aromatic nitrogens is 3. The fourth-order valence-corrected chi connectivity index (χ4v) is 2.26. The maximum Gasteiger partial charge on any atom is 0.234 e. The van der Waals surface area contributed by atoms with Gasteiger partial charge in [0.05, 0.1) is 5.75 Å². The second-order valence-corrected chi connectivity index (χ2v) is 5.30. The Morgan fingerprint density at radius 1 is 1.47 bits per heavy atom. The zero-order valence-corrected chi connectivity index (χ0v) is 12.1. The van der Waals surface area contributed by atoms with Crippen LogP contribution in [-0.2, 0) is 4.79 Å². The second kappa shape index (κ2) is 6.08. The van der Waals surface area contributed by atoms with Gasteiger partial charge in [-0.15, -0.1) is 5.10 Å². The van der Waals surface area contributed by atoms with E-state index in [-0.39, 0.29) is 11.7 Å². The lowest BCUT2D eigenvalue weighted by atomic mass is 10.2. The number of halogens is 1. The van der Waals surface area contributed by atoms with Gasteiger partial charge in [0.25, 0.3) is 0 Å². The van der Waals surface area contributed by atoms with Crippen molar-refractivity contribution < 1.29 is 4.79 Å². The van der Waals surface area contributed by atoms with E-state index in [1.165, 1.54) is 11.8 Å². The van der Waals surface area contributed by atoms with E-state index < -0.39 is 0 Å². The van der Waals surface area contributed by atoms with Crippen LogP contribution >= 0.6 is 23.4 Å². The number of carbonyl (C=O) groups is 1. The van der Waals surface area contributed by atoms with Crippen LogP contribution in [0.25, 0.3) is 0 Å². The van der Waals surface area contributed by atoms with E-state index in [1.807, 2.05) is 19.9 Å². The zero-order valence-electron chi connectivity index (χ0n) is 10.5. The van der Waals surface area contributed by atoms with Crippen molar-refractivity contribution in [1.29, 1.82) is 0 Å². The Hall–Kier alpha value is -1.53. The number of nitrogens with one attached hydrogen (secondary N) is 2. The topological polar surface area (TPSA) is 70.7 Å². The van der Waals surface area contributed by atoms with Crippen LogP contribution in [0.4, 0.5) is 5.69 Å². The van der Waals surface area contributed by atoms with Crippen LogP contribution in [0.3, 0.4) is 0 Å². The van der Waals surface area contributed by atoms with Gasteiger partial charge in [0.1, 0.15) is 5.82 Å². The highest BCUT2D eigenvalue weighted by Gasteiger charge is 2.09. The molecule has 0 bridgehead atoms. The van der Waals surface area contributed by atoms with Gasteiger partial charge in [0.2, 0.25) is 11.1 Å². The number of rotatable bonds is 4. The average Bonchev–Trinajstić information content (AvgIpc) is 2.78. The third-order valence-electron chi connectivity index (χ3n) is 2.45. The number of aryl methyl sites for hydroxylation is 1. The number of thioether (sulfide) groups is 1. The first kappa shape index (κ1) is 13.9. The molecule has 1 aromatic heterocycles. The number of anilines is 1. The molecule has 5 nitrogen and oxygen atoms in total. The highest BCUT2D eigenvalue weighted by molar-refractivity contribution is 7.99. The Labute approximate surface area is 120 Å². The molecule has 0 aliphatic carbocycles. The van der Waals surface area contributed by atoms with Crippen molar-refractivity contribution in [1.82, 2.24) is 15.2 Å². The van der Waals surface area contributed by atoms with Gasteiger partial charge in [-0.05, 0) is 31.5 Å². The quantitative estimate of drug-likeness (QED) is 0.851. The van der Waals surface area contributed by atoms with Crippen molar-refractivity contribution in [3.8, 4) is 0 Å². The Kier molecular flexibility index (Phi) is 4.44. The van der Waals surface area contributed by atoms with Crippen LogP contribution in [-0.4, -0.2) is 26.8 Å². The molecule has 2 aromatic rings. The van der Waals surface area contributed by atoms with Crippen LogP contribution in [0, 0.1) is 13.8 Å². The van der Waals surface area contributed by atoms with Gasteiger partial charge in [-0.1, -0.05) is 29.4 Å². The van der Waals surface area contributed by atoms with Crippen molar-refractivity contribution in [3.63, 3.8) is 0 Å². The maximum atomic E-state index is 11.8. The van der Waals surface area contributed by atoms with E-state index in [9.17, 15) is 4.79 Å². The molecule has 1 amide bonds. The molecule has 0 fully saturated rings. The minimum absolute atomic E-state index is 0.113. The normalized spacial score (nSPS) is 10.5. The van der Waals surface area contributed by atoms with Crippen LogP contribution in [0.2, 0.25) is 5.02 Å². The molecule has 0 aliphatic rings. The van der Waals surface area contributed by atoms with Gasteiger partial charge in [-0.3, -0.25) is 9.89 Å². The van der Waals surface area contributed by atoms with Gasteiger partial charge in [-0.25, -0.2) is 4.98 Å². The molecule has 1 heterocycles. The summed E-state index contributed by atoms with van der Waals surface area (Å²) in [5.41, 5.74) is 1.58. The van der Waals surface area contributed by atoms with Crippen LogP contribution in [0.1, 0.15) is 11.4 Å². The third kappa shape index (κ3) is 3.71. The predicted molar refractivity (Wildman–Crippen MR) is 76.7 cm³/mol.